The first-order chi connectivity index (χ1) is 12.4. The van der Waals surface area contributed by atoms with Crippen molar-refractivity contribution in [2.45, 2.75) is 25.8 Å². The van der Waals surface area contributed by atoms with Crippen LogP contribution in [-0.2, 0) is 9.53 Å². The lowest BCUT2D eigenvalue weighted by molar-refractivity contribution is -0.117. The standard InChI is InChI=1S/C17H24N4O4S/c1-10-13(17(24)25-2)16(26-14(10)15(18)23)19-12(22)9-20-6-7-21-5-3-4-11(21)8-20/h11H,3-9H2,1-2H3,(H2,18,23)(H,19,22). The smallest absolute Gasteiger partial charge is 0.341 e. The maximum atomic E-state index is 12.5. The Balaban J connectivity index is 1.69. The highest BCUT2D eigenvalue weighted by atomic mass is 32.1. The highest BCUT2D eigenvalue weighted by molar-refractivity contribution is 7.18. The number of hydrogen-bond acceptors (Lipinski definition) is 7. The topological polar surface area (TPSA) is 105 Å². The van der Waals surface area contributed by atoms with E-state index in [-0.39, 0.29) is 22.9 Å². The van der Waals surface area contributed by atoms with Crippen LogP contribution in [0.25, 0.3) is 0 Å². The molecule has 2 aliphatic heterocycles. The van der Waals surface area contributed by atoms with E-state index in [4.69, 9.17) is 10.5 Å². The quantitative estimate of drug-likeness (QED) is 0.727. The van der Waals surface area contributed by atoms with Gasteiger partial charge in [0, 0.05) is 25.7 Å². The SMILES string of the molecule is COC(=O)c1c(NC(=O)CN2CCN3CCCC3C2)sc(C(N)=O)c1C. The molecule has 2 saturated heterocycles. The Kier molecular flexibility index (Phi) is 5.59. The first-order valence-corrected chi connectivity index (χ1v) is 9.50. The van der Waals surface area contributed by atoms with E-state index in [0.29, 0.717) is 16.6 Å². The molecule has 2 amide bonds. The fraction of sp³-hybridized carbons (Fsp3) is 0.588. The number of carbonyl (C=O) groups excluding carboxylic acids is 3. The second-order valence-corrected chi connectivity index (χ2v) is 7.75. The normalized spacial score (nSPS) is 20.6. The Morgan fingerprint density at radius 2 is 2.08 bits per heavy atom. The maximum Gasteiger partial charge on any atom is 0.341 e. The van der Waals surface area contributed by atoms with Crippen molar-refractivity contribution in [1.29, 1.82) is 0 Å². The number of rotatable bonds is 5. The molecule has 2 aliphatic rings. The van der Waals surface area contributed by atoms with Crippen LogP contribution in [0.15, 0.2) is 0 Å². The lowest BCUT2D eigenvalue weighted by Crippen LogP contribution is -2.51. The van der Waals surface area contributed by atoms with Gasteiger partial charge in [-0.25, -0.2) is 4.79 Å². The van der Waals surface area contributed by atoms with Crippen LogP contribution in [0.1, 0.15) is 38.4 Å². The molecule has 0 aromatic carbocycles. The van der Waals surface area contributed by atoms with Crippen LogP contribution in [0.4, 0.5) is 5.00 Å². The Morgan fingerprint density at radius 1 is 1.31 bits per heavy atom. The van der Waals surface area contributed by atoms with Gasteiger partial charge in [-0.1, -0.05) is 0 Å². The van der Waals surface area contributed by atoms with Crippen LogP contribution in [0, 0.1) is 6.92 Å². The highest BCUT2D eigenvalue weighted by Gasteiger charge is 2.31. The first-order valence-electron chi connectivity index (χ1n) is 8.68. The minimum atomic E-state index is -0.629. The van der Waals surface area contributed by atoms with Gasteiger partial charge < -0.3 is 15.8 Å². The van der Waals surface area contributed by atoms with Crippen LogP contribution < -0.4 is 11.1 Å². The summed E-state index contributed by atoms with van der Waals surface area (Å²) in [6.07, 6.45) is 2.40. The number of ether oxygens (including phenoxy) is 1. The van der Waals surface area contributed by atoms with Crippen LogP contribution in [0.2, 0.25) is 0 Å². The van der Waals surface area contributed by atoms with Crippen molar-refractivity contribution < 1.29 is 19.1 Å². The number of nitrogens with zero attached hydrogens (tertiary/aromatic N) is 2. The van der Waals surface area contributed by atoms with Gasteiger partial charge in [0.15, 0.2) is 0 Å². The van der Waals surface area contributed by atoms with Gasteiger partial charge in [0.1, 0.15) is 5.00 Å². The van der Waals surface area contributed by atoms with Gasteiger partial charge in [0.2, 0.25) is 5.91 Å². The van der Waals surface area contributed by atoms with Crippen LogP contribution in [-0.4, -0.2) is 73.5 Å². The Labute approximate surface area is 156 Å². The molecule has 3 rings (SSSR count). The third-order valence-electron chi connectivity index (χ3n) is 5.05. The van der Waals surface area contributed by atoms with E-state index >= 15 is 0 Å². The van der Waals surface area contributed by atoms with E-state index in [9.17, 15) is 14.4 Å². The minimum Gasteiger partial charge on any atom is -0.465 e. The molecule has 0 aliphatic carbocycles. The van der Waals surface area contributed by atoms with E-state index in [0.717, 1.165) is 37.5 Å². The molecular formula is C17H24N4O4S. The Hall–Kier alpha value is -1.97. The van der Waals surface area contributed by atoms with E-state index in [1.165, 1.54) is 20.0 Å². The van der Waals surface area contributed by atoms with Crippen molar-refractivity contribution >= 4 is 34.1 Å². The van der Waals surface area contributed by atoms with Gasteiger partial charge in [0.25, 0.3) is 5.91 Å². The molecule has 142 valence electrons. The summed E-state index contributed by atoms with van der Waals surface area (Å²) in [5.74, 6) is -1.43. The van der Waals surface area contributed by atoms with Crippen molar-refractivity contribution in [2.75, 3.05) is 45.2 Å². The number of nitrogens with one attached hydrogen (secondary N) is 1. The fourth-order valence-electron chi connectivity index (χ4n) is 3.75. The summed E-state index contributed by atoms with van der Waals surface area (Å²) in [6.45, 7) is 5.75. The number of amides is 2. The molecule has 1 aromatic rings. The van der Waals surface area contributed by atoms with E-state index < -0.39 is 11.9 Å². The van der Waals surface area contributed by atoms with Gasteiger partial charge in [-0.3, -0.25) is 19.4 Å². The largest absolute Gasteiger partial charge is 0.465 e. The summed E-state index contributed by atoms with van der Waals surface area (Å²) >= 11 is 1.01. The second kappa shape index (κ2) is 7.73. The molecule has 2 fully saturated rings. The van der Waals surface area contributed by atoms with E-state index in [1.54, 1.807) is 6.92 Å². The zero-order valence-corrected chi connectivity index (χ0v) is 15.9. The third kappa shape index (κ3) is 3.74. The molecule has 0 saturated carbocycles. The number of carbonyl (C=O) groups is 3. The number of piperazine rings is 1. The molecule has 0 spiro atoms. The Bertz CT molecular complexity index is 733. The van der Waals surface area contributed by atoms with Gasteiger partial charge in [0.05, 0.1) is 24.1 Å². The molecule has 0 bridgehead atoms. The number of hydrogen-bond donors (Lipinski definition) is 2. The van der Waals surface area contributed by atoms with Crippen molar-refractivity contribution in [2.24, 2.45) is 5.73 Å². The van der Waals surface area contributed by atoms with E-state index in [1.807, 2.05) is 0 Å². The van der Waals surface area contributed by atoms with Crippen molar-refractivity contribution in [3.8, 4) is 0 Å². The Morgan fingerprint density at radius 3 is 2.77 bits per heavy atom. The molecule has 0 radical (unpaired) electrons. The predicted molar refractivity (Wildman–Crippen MR) is 98.6 cm³/mol. The molecule has 1 aromatic heterocycles. The van der Waals surface area contributed by atoms with Crippen LogP contribution in [0.5, 0.6) is 0 Å². The van der Waals surface area contributed by atoms with Crippen molar-refractivity contribution in [3.63, 3.8) is 0 Å². The molecule has 1 atom stereocenters. The zero-order valence-electron chi connectivity index (χ0n) is 15.0. The number of thiophene rings is 1. The monoisotopic (exact) mass is 380 g/mol. The summed E-state index contributed by atoms with van der Waals surface area (Å²) < 4.78 is 4.78. The molecular weight excluding hydrogens is 356 g/mol. The number of esters is 1. The van der Waals surface area contributed by atoms with Crippen molar-refractivity contribution in [1.82, 2.24) is 9.80 Å². The zero-order chi connectivity index (χ0) is 18.8. The fourth-order valence-corrected chi connectivity index (χ4v) is 4.82. The number of fused-ring (bicyclic) bond motifs is 1. The first kappa shape index (κ1) is 18.8. The van der Waals surface area contributed by atoms with Crippen LogP contribution in [0.3, 0.4) is 0 Å². The molecule has 1 unspecified atom stereocenters. The average Bonchev–Trinajstić information content (AvgIpc) is 3.18. The third-order valence-corrected chi connectivity index (χ3v) is 6.27. The van der Waals surface area contributed by atoms with Crippen molar-refractivity contribution in [3.05, 3.63) is 16.0 Å². The number of nitrogens with two attached hydrogens (primary N) is 1. The lowest BCUT2D eigenvalue weighted by atomic mass is 10.1. The van der Waals surface area contributed by atoms with Gasteiger partial charge in [-0.15, -0.1) is 11.3 Å². The minimum absolute atomic E-state index is 0.195. The lowest BCUT2D eigenvalue weighted by Gasteiger charge is -2.37. The van der Waals surface area contributed by atoms with Crippen LogP contribution >= 0.6 is 11.3 Å². The summed E-state index contributed by atoms with van der Waals surface area (Å²) in [4.78, 5) is 41.0. The predicted octanol–water partition coefficient (Wildman–Crippen LogP) is 0.661. The number of primary amides is 1. The molecule has 8 nitrogen and oxygen atoms in total. The summed E-state index contributed by atoms with van der Waals surface area (Å²) in [5.41, 5.74) is 5.99. The van der Waals surface area contributed by atoms with Gasteiger partial charge in [-0.05, 0) is 31.9 Å². The number of methoxy groups -OCH3 is 1. The molecule has 26 heavy (non-hydrogen) atoms. The molecule has 9 heteroatoms. The maximum absolute atomic E-state index is 12.5. The molecule has 3 heterocycles. The van der Waals surface area contributed by atoms with Gasteiger partial charge >= 0.3 is 5.97 Å². The molecule has 3 N–H and O–H groups in total. The number of anilines is 1. The summed E-state index contributed by atoms with van der Waals surface area (Å²) in [6, 6.07) is 0.535. The average molecular weight is 380 g/mol. The summed E-state index contributed by atoms with van der Waals surface area (Å²) in [7, 11) is 1.26. The van der Waals surface area contributed by atoms with Gasteiger partial charge in [-0.2, -0.15) is 0 Å². The summed E-state index contributed by atoms with van der Waals surface area (Å²) in [5, 5.41) is 3.08. The van der Waals surface area contributed by atoms with E-state index in [2.05, 4.69) is 15.1 Å². The highest BCUT2D eigenvalue weighted by Crippen LogP contribution is 2.33. The second-order valence-electron chi connectivity index (χ2n) is 6.73.